The molecular weight excluding hydrogens is 250 g/mol. The van der Waals surface area contributed by atoms with E-state index in [4.69, 9.17) is 0 Å². The molecule has 4 heteroatoms. The molecule has 1 N–H and O–H groups in total. The number of hydrogen-bond acceptors (Lipinski definition) is 3. The first-order valence-corrected chi connectivity index (χ1v) is 6.32. The topological polar surface area (TPSA) is 45.2 Å². The number of anilines is 2. The second-order valence-corrected chi connectivity index (χ2v) is 4.52. The zero-order chi connectivity index (χ0) is 14.4. The Kier molecular flexibility index (Phi) is 4.50. The minimum atomic E-state index is -0.194. The Hall–Kier alpha value is -2.62. The normalized spacial score (nSPS) is 10.5. The highest BCUT2D eigenvalue weighted by molar-refractivity contribution is 6.01. The van der Waals surface area contributed by atoms with Crippen molar-refractivity contribution in [2.45, 2.75) is 0 Å². The molecule has 1 aromatic carbocycles. The molecule has 0 atom stereocenters. The van der Waals surface area contributed by atoms with Gasteiger partial charge in [0.05, 0.1) is 0 Å². The first-order chi connectivity index (χ1) is 9.65. The fourth-order valence-corrected chi connectivity index (χ4v) is 1.66. The quantitative estimate of drug-likeness (QED) is 0.866. The average Bonchev–Trinajstić information content (AvgIpc) is 2.46. The summed E-state index contributed by atoms with van der Waals surface area (Å²) in [7, 11) is 3.98. The Labute approximate surface area is 118 Å². The fourth-order valence-electron chi connectivity index (χ4n) is 1.66. The van der Waals surface area contributed by atoms with E-state index in [9.17, 15) is 4.79 Å². The molecule has 0 saturated carbocycles. The van der Waals surface area contributed by atoms with E-state index in [2.05, 4.69) is 10.3 Å². The van der Waals surface area contributed by atoms with Crippen molar-refractivity contribution in [1.29, 1.82) is 0 Å². The number of nitrogens with zero attached hydrogens (tertiary/aromatic N) is 2. The van der Waals surface area contributed by atoms with E-state index in [1.807, 2.05) is 49.3 Å². The summed E-state index contributed by atoms with van der Waals surface area (Å²) in [4.78, 5) is 17.8. The van der Waals surface area contributed by atoms with Crippen LogP contribution in [-0.2, 0) is 4.79 Å². The van der Waals surface area contributed by atoms with Gasteiger partial charge in [0.15, 0.2) is 0 Å². The molecule has 1 aromatic heterocycles. The predicted molar refractivity (Wildman–Crippen MR) is 82.7 cm³/mol. The summed E-state index contributed by atoms with van der Waals surface area (Å²) in [5, 5.41) is 2.70. The Morgan fingerprint density at radius 3 is 2.50 bits per heavy atom. The molecule has 0 saturated heterocycles. The Bertz CT molecular complexity index is 589. The van der Waals surface area contributed by atoms with E-state index in [0.29, 0.717) is 5.82 Å². The van der Waals surface area contributed by atoms with Crippen LogP contribution in [0.25, 0.3) is 6.08 Å². The van der Waals surface area contributed by atoms with Crippen LogP contribution in [0, 0.1) is 0 Å². The highest BCUT2D eigenvalue weighted by Crippen LogP contribution is 2.13. The molecule has 4 nitrogen and oxygen atoms in total. The molecule has 0 aliphatic rings. The fraction of sp³-hybridized carbons (Fsp3) is 0.125. The van der Waals surface area contributed by atoms with Crippen molar-refractivity contribution in [1.82, 2.24) is 4.98 Å². The lowest BCUT2D eigenvalue weighted by molar-refractivity contribution is -0.111. The first kappa shape index (κ1) is 13.8. The summed E-state index contributed by atoms with van der Waals surface area (Å²) < 4.78 is 0. The van der Waals surface area contributed by atoms with Crippen molar-refractivity contribution in [3.8, 4) is 0 Å². The van der Waals surface area contributed by atoms with Gasteiger partial charge in [0.2, 0.25) is 5.91 Å². The van der Waals surface area contributed by atoms with Crippen LogP contribution in [0.4, 0.5) is 11.5 Å². The lowest BCUT2D eigenvalue weighted by atomic mass is 10.2. The summed E-state index contributed by atoms with van der Waals surface area (Å²) >= 11 is 0. The Morgan fingerprint density at radius 1 is 1.15 bits per heavy atom. The minimum Gasteiger partial charge on any atom is -0.378 e. The van der Waals surface area contributed by atoms with Crippen molar-refractivity contribution < 1.29 is 4.79 Å². The molecule has 0 unspecified atom stereocenters. The largest absolute Gasteiger partial charge is 0.378 e. The van der Waals surface area contributed by atoms with Gasteiger partial charge in [-0.25, -0.2) is 4.98 Å². The Morgan fingerprint density at radius 2 is 1.90 bits per heavy atom. The van der Waals surface area contributed by atoms with Crippen molar-refractivity contribution >= 4 is 23.5 Å². The van der Waals surface area contributed by atoms with E-state index in [1.54, 1.807) is 24.4 Å². The molecule has 20 heavy (non-hydrogen) atoms. The Balaban J connectivity index is 1.97. The van der Waals surface area contributed by atoms with Crippen LogP contribution < -0.4 is 10.2 Å². The molecule has 0 aliphatic carbocycles. The van der Waals surface area contributed by atoms with Gasteiger partial charge in [-0.3, -0.25) is 4.79 Å². The number of pyridine rings is 1. The maximum absolute atomic E-state index is 11.7. The number of carbonyl (C=O) groups excluding carboxylic acids is 1. The SMILES string of the molecule is CN(C)c1ccc(/C=C/C(=O)Nc2ccccn2)cc1. The van der Waals surface area contributed by atoms with Crippen molar-refractivity contribution in [3.63, 3.8) is 0 Å². The van der Waals surface area contributed by atoms with Crippen LogP contribution in [0.3, 0.4) is 0 Å². The number of rotatable bonds is 4. The number of aromatic nitrogens is 1. The van der Waals surface area contributed by atoms with Gasteiger partial charge >= 0.3 is 0 Å². The molecule has 1 amide bonds. The maximum atomic E-state index is 11.7. The van der Waals surface area contributed by atoms with Crippen LogP contribution in [0.2, 0.25) is 0 Å². The third-order valence-corrected chi connectivity index (χ3v) is 2.75. The van der Waals surface area contributed by atoms with Gasteiger partial charge in [0.25, 0.3) is 0 Å². The van der Waals surface area contributed by atoms with Gasteiger partial charge in [-0.05, 0) is 35.9 Å². The van der Waals surface area contributed by atoms with Crippen molar-refractivity contribution in [2.75, 3.05) is 24.3 Å². The summed E-state index contributed by atoms with van der Waals surface area (Å²) in [6, 6.07) is 13.3. The van der Waals surface area contributed by atoms with E-state index in [0.717, 1.165) is 11.3 Å². The lowest BCUT2D eigenvalue weighted by Gasteiger charge is -2.11. The zero-order valence-corrected chi connectivity index (χ0v) is 11.6. The highest BCUT2D eigenvalue weighted by atomic mass is 16.1. The van der Waals surface area contributed by atoms with E-state index >= 15 is 0 Å². The van der Waals surface area contributed by atoms with Gasteiger partial charge in [-0.1, -0.05) is 18.2 Å². The highest BCUT2D eigenvalue weighted by Gasteiger charge is 1.98. The van der Waals surface area contributed by atoms with E-state index < -0.39 is 0 Å². The van der Waals surface area contributed by atoms with Crippen LogP contribution >= 0.6 is 0 Å². The molecule has 0 bridgehead atoms. The molecule has 1 heterocycles. The van der Waals surface area contributed by atoms with Gasteiger partial charge in [0.1, 0.15) is 5.82 Å². The summed E-state index contributed by atoms with van der Waals surface area (Å²) in [6.07, 6.45) is 4.91. The smallest absolute Gasteiger partial charge is 0.249 e. The van der Waals surface area contributed by atoms with Crippen molar-refractivity contribution in [2.24, 2.45) is 0 Å². The predicted octanol–water partition coefficient (Wildman–Crippen LogP) is 2.80. The molecule has 0 aliphatic heterocycles. The molecule has 2 aromatic rings. The monoisotopic (exact) mass is 267 g/mol. The standard InChI is InChI=1S/C16H17N3O/c1-19(2)14-9-6-13(7-10-14)8-11-16(20)18-15-5-3-4-12-17-15/h3-12H,1-2H3,(H,17,18,20)/b11-8+. The summed E-state index contributed by atoms with van der Waals surface area (Å²) in [5.41, 5.74) is 2.10. The van der Waals surface area contributed by atoms with E-state index in [1.165, 1.54) is 6.08 Å². The summed E-state index contributed by atoms with van der Waals surface area (Å²) in [6.45, 7) is 0. The lowest BCUT2D eigenvalue weighted by Crippen LogP contribution is -2.09. The van der Waals surface area contributed by atoms with Crippen molar-refractivity contribution in [3.05, 3.63) is 60.3 Å². The van der Waals surface area contributed by atoms with Gasteiger partial charge < -0.3 is 10.2 Å². The van der Waals surface area contributed by atoms with Gasteiger partial charge in [0, 0.05) is 32.1 Å². The van der Waals surface area contributed by atoms with Crippen LogP contribution in [0.5, 0.6) is 0 Å². The number of carbonyl (C=O) groups is 1. The molecule has 2 rings (SSSR count). The first-order valence-electron chi connectivity index (χ1n) is 6.32. The van der Waals surface area contributed by atoms with Gasteiger partial charge in [-0.2, -0.15) is 0 Å². The number of benzene rings is 1. The second kappa shape index (κ2) is 6.52. The molecule has 0 spiro atoms. The minimum absolute atomic E-state index is 0.194. The third-order valence-electron chi connectivity index (χ3n) is 2.75. The molecule has 0 radical (unpaired) electrons. The van der Waals surface area contributed by atoms with E-state index in [-0.39, 0.29) is 5.91 Å². The molecular formula is C16H17N3O. The van der Waals surface area contributed by atoms with Crippen LogP contribution in [-0.4, -0.2) is 25.0 Å². The number of amides is 1. The van der Waals surface area contributed by atoms with Crippen LogP contribution in [0.15, 0.2) is 54.7 Å². The zero-order valence-electron chi connectivity index (χ0n) is 11.6. The second-order valence-electron chi connectivity index (χ2n) is 4.52. The number of nitrogens with one attached hydrogen (secondary N) is 1. The summed E-state index contributed by atoms with van der Waals surface area (Å²) in [5.74, 6) is 0.352. The molecule has 0 fully saturated rings. The molecule has 102 valence electrons. The third kappa shape index (κ3) is 3.95. The maximum Gasteiger partial charge on any atom is 0.249 e. The average molecular weight is 267 g/mol. The number of hydrogen-bond donors (Lipinski definition) is 1. The van der Waals surface area contributed by atoms with Crippen LogP contribution in [0.1, 0.15) is 5.56 Å². The van der Waals surface area contributed by atoms with Gasteiger partial charge in [-0.15, -0.1) is 0 Å².